The van der Waals surface area contributed by atoms with Crippen molar-refractivity contribution in [3.63, 3.8) is 0 Å². The van der Waals surface area contributed by atoms with Gasteiger partial charge in [-0.2, -0.15) is 0 Å². The van der Waals surface area contributed by atoms with Gasteiger partial charge >= 0.3 is 4.87 Å². The van der Waals surface area contributed by atoms with Crippen molar-refractivity contribution in [1.82, 2.24) is 9.29 Å². The van der Waals surface area contributed by atoms with Crippen LogP contribution in [0.4, 0.5) is 0 Å². The minimum absolute atomic E-state index is 0.00596. The number of benzene rings is 2. The van der Waals surface area contributed by atoms with Crippen molar-refractivity contribution < 1.29 is 17.9 Å². The highest BCUT2D eigenvalue weighted by atomic mass is 32.2. The summed E-state index contributed by atoms with van der Waals surface area (Å²) in [7, 11) is -2.19. The molecule has 0 aliphatic carbocycles. The van der Waals surface area contributed by atoms with Crippen molar-refractivity contribution >= 4 is 31.6 Å². The predicted octanol–water partition coefficient (Wildman–Crippen LogP) is 3.53. The monoisotopic (exact) mass is 436 g/mol. The lowest BCUT2D eigenvalue weighted by molar-refractivity contribution is 0.310. The van der Waals surface area contributed by atoms with Crippen LogP contribution in [0, 0.1) is 0 Å². The average molecular weight is 437 g/mol. The summed E-state index contributed by atoms with van der Waals surface area (Å²) in [5, 5.41) is 0. The molecular formula is C20H24N2O5S2. The van der Waals surface area contributed by atoms with Gasteiger partial charge in [0.2, 0.25) is 10.0 Å². The van der Waals surface area contributed by atoms with E-state index in [1.165, 1.54) is 6.07 Å². The van der Waals surface area contributed by atoms with E-state index in [9.17, 15) is 13.2 Å². The van der Waals surface area contributed by atoms with Gasteiger partial charge in [-0.25, -0.2) is 13.1 Å². The van der Waals surface area contributed by atoms with Crippen LogP contribution >= 0.6 is 11.3 Å². The fourth-order valence-corrected chi connectivity index (χ4v) is 5.20. The number of hydrogen-bond acceptors (Lipinski definition) is 6. The molecular weight excluding hydrogens is 412 g/mol. The maximum absolute atomic E-state index is 12.8. The Balaban J connectivity index is 1.85. The van der Waals surface area contributed by atoms with E-state index in [1.807, 2.05) is 20.8 Å². The third kappa shape index (κ3) is 4.47. The Kier molecular flexibility index (Phi) is 6.30. The number of hydrogen-bond donors (Lipinski definition) is 1. The second-order valence-electron chi connectivity index (χ2n) is 6.70. The molecule has 0 saturated heterocycles. The molecule has 3 rings (SSSR count). The molecule has 0 bridgehead atoms. The summed E-state index contributed by atoms with van der Waals surface area (Å²) in [6.45, 7) is 6.29. The van der Waals surface area contributed by atoms with Gasteiger partial charge in [0.15, 0.2) is 11.5 Å². The molecule has 1 N–H and O–H groups in total. The molecule has 3 aromatic rings. The normalized spacial score (nSPS) is 11.9. The molecule has 0 atom stereocenters. The maximum Gasteiger partial charge on any atom is 0.308 e. The molecule has 0 fully saturated rings. The van der Waals surface area contributed by atoms with Crippen LogP contribution in [0.25, 0.3) is 10.2 Å². The van der Waals surface area contributed by atoms with Gasteiger partial charge in [0, 0.05) is 12.6 Å². The molecule has 0 saturated carbocycles. The van der Waals surface area contributed by atoms with Gasteiger partial charge in [-0.3, -0.25) is 9.36 Å². The van der Waals surface area contributed by atoms with Gasteiger partial charge in [0.05, 0.1) is 28.8 Å². The van der Waals surface area contributed by atoms with Crippen molar-refractivity contribution in [2.75, 3.05) is 13.7 Å². The van der Waals surface area contributed by atoms with Crippen LogP contribution in [0.5, 0.6) is 11.5 Å². The van der Waals surface area contributed by atoms with Crippen LogP contribution in [-0.2, 0) is 16.6 Å². The number of rotatable bonds is 8. The topological polar surface area (TPSA) is 86.6 Å². The van der Waals surface area contributed by atoms with E-state index >= 15 is 0 Å². The first kappa shape index (κ1) is 21.4. The number of nitrogens with zero attached hydrogens (tertiary/aromatic N) is 1. The lowest BCUT2D eigenvalue weighted by atomic mass is 10.2. The van der Waals surface area contributed by atoms with E-state index in [2.05, 4.69) is 4.72 Å². The summed E-state index contributed by atoms with van der Waals surface area (Å²) >= 11 is 1.05. The Morgan fingerprint density at radius 1 is 1.14 bits per heavy atom. The van der Waals surface area contributed by atoms with E-state index in [0.29, 0.717) is 22.8 Å². The standard InChI is InChI=1S/C20H24N2O5S2/c1-5-27-18-10-14(6-9-17(18)26-4)12-21-29(24,25)15-7-8-16-19(11-15)28-20(23)22(16)13(2)3/h6-11,13,21H,5,12H2,1-4H3. The maximum atomic E-state index is 12.8. The molecule has 0 spiro atoms. The van der Waals surface area contributed by atoms with E-state index in [-0.39, 0.29) is 22.4 Å². The largest absolute Gasteiger partial charge is 0.493 e. The van der Waals surface area contributed by atoms with Crippen LogP contribution in [0.1, 0.15) is 32.4 Å². The minimum Gasteiger partial charge on any atom is -0.493 e. The number of thiazole rings is 1. The quantitative estimate of drug-likeness (QED) is 0.584. The fourth-order valence-electron chi connectivity index (χ4n) is 3.03. The summed E-state index contributed by atoms with van der Waals surface area (Å²) in [4.78, 5) is 12.2. The Labute approximate surface area is 173 Å². The van der Waals surface area contributed by atoms with Gasteiger partial charge in [-0.15, -0.1) is 0 Å². The lowest BCUT2D eigenvalue weighted by Crippen LogP contribution is -2.23. The highest BCUT2D eigenvalue weighted by molar-refractivity contribution is 7.89. The number of sulfonamides is 1. The van der Waals surface area contributed by atoms with Crippen molar-refractivity contribution in [2.45, 2.75) is 38.3 Å². The smallest absolute Gasteiger partial charge is 0.308 e. The summed E-state index contributed by atoms with van der Waals surface area (Å²) < 4.78 is 41.2. The minimum atomic E-state index is -3.74. The van der Waals surface area contributed by atoms with Gasteiger partial charge in [-0.05, 0) is 56.7 Å². The Morgan fingerprint density at radius 2 is 1.90 bits per heavy atom. The molecule has 156 valence electrons. The number of fused-ring (bicyclic) bond motifs is 1. The van der Waals surface area contributed by atoms with Crippen molar-refractivity contribution in [2.24, 2.45) is 0 Å². The van der Waals surface area contributed by atoms with Gasteiger partial charge in [-0.1, -0.05) is 17.4 Å². The third-order valence-corrected chi connectivity index (χ3v) is 6.72. The zero-order chi connectivity index (χ0) is 21.2. The first-order valence-electron chi connectivity index (χ1n) is 9.21. The van der Waals surface area contributed by atoms with Crippen LogP contribution < -0.4 is 19.1 Å². The SMILES string of the molecule is CCOc1cc(CNS(=O)(=O)c2ccc3c(c2)sc(=O)n3C(C)C)ccc1OC. The highest BCUT2D eigenvalue weighted by Crippen LogP contribution is 2.28. The summed E-state index contributed by atoms with van der Waals surface area (Å²) in [5.41, 5.74) is 1.49. The zero-order valence-electron chi connectivity index (χ0n) is 16.8. The fraction of sp³-hybridized carbons (Fsp3) is 0.350. The van der Waals surface area contributed by atoms with E-state index in [0.717, 1.165) is 22.4 Å². The first-order valence-corrected chi connectivity index (χ1v) is 11.5. The second kappa shape index (κ2) is 8.56. The molecule has 7 nitrogen and oxygen atoms in total. The molecule has 0 unspecified atom stereocenters. The Morgan fingerprint density at radius 3 is 2.55 bits per heavy atom. The van der Waals surface area contributed by atoms with Gasteiger partial charge in [0.25, 0.3) is 0 Å². The van der Waals surface area contributed by atoms with E-state index < -0.39 is 10.0 Å². The number of aromatic nitrogens is 1. The molecule has 29 heavy (non-hydrogen) atoms. The number of methoxy groups -OCH3 is 1. The number of ether oxygens (including phenoxy) is 2. The van der Waals surface area contributed by atoms with Gasteiger partial charge < -0.3 is 9.47 Å². The second-order valence-corrected chi connectivity index (χ2v) is 9.46. The molecule has 9 heteroatoms. The molecule has 0 aliphatic rings. The molecule has 2 aromatic carbocycles. The third-order valence-electron chi connectivity index (χ3n) is 4.41. The van der Waals surface area contributed by atoms with E-state index in [4.69, 9.17) is 9.47 Å². The molecule has 1 aromatic heterocycles. The Hall–Kier alpha value is -2.36. The number of nitrogens with one attached hydrogen (secondary N) is 1. The molecule has 0 amide bonds. The summed E-state index contributed by atoms with van der Waals surface area (Å²) in [6, 6.07) is 10.0. The molecule has 1 heterocycles. The molecule has 0 aliphatic heterocycles. The van der Waals surface area contributed by atoms with Crippen LogP contribution in [0.2, 0.25) is 0 Å². The van der Waals surface area contributed by atoms with Crippen molar-refractivity contribution in [1.29, 1.82) is 0 Å². The van der Waals surface area contributed by atoms with E-state index in [1.54, 1.807) is 42.0 Å². The van der Waals surface area contributed by atoms with Crippen LogP contribution in [0.3, 0.4) is 0 Å². The predicted molar refractivity (Wildman–Crippen MR) is 115 cm³/mol. The summed E-state index contributed by atoms with van der Waals surface area (Å²) in [6.07, 6.45) is 0. The summed E-state index contributed by atoms with van der Waals surface area (Å²) in [5.74, 6) is 1.15. The van der Waals surface area contributed by atoms with Gasteiger partial charge in [0.1, 0.15) is 0 Å². The van der Waals surface area contributed by atoms with Crippen LogP contribution in [-0.4, -0.2) is 26.7 Å². The highest BCUT2D eigenvalue weighted by Gasteiger charge is 2.18. The first-order chi connectivity index (χ1) is 13.8. The van der Waals surface area contributed by atoms with Crippen LogP contribution in [0.15, 0.2) is 46.1 Å². The zero-order valence-corrected chi connectivity index (χ0v) is 18.4. The lowest BCUT2D eigenvalue weighted by Gasteiger charge is -2.12. The van der Waals surface area contributed by atoms with Crippen molar-refractivity contribution in [3.05, 3.63) is 51.6 Å². The average Bonchev–Trinajstić information content (AvgIpc) is 3.02. The Bertz CT molecular complexity index is 1180. The molecule has 0 radical (unpaired) electrons. The van der Waals surface area contributed by atoms with Crippen molar-refractivity contribution in [3.8, 4) is 11.5 Å².